The van der Waals surface area contributed by atoms with Crippen LogP contribution in [0.3, 0.4) is 0 Å². The van der Waals surface area contributed by atoms with E-state index < -0.39 is 5.82 Å². The normalized spacial score (nSPS) is 14.4. The lowest BCUT2D eigenvalue weighted by atomic mass is 9.99. The molecular weight excluding hydrogens is 389 g/mol. The molecule has 6 nitrogen and oxygen atoms in total. The Morgan fingerprint density at radius 1 is 1.17 bits per heavy atom. The maximum atomic E-state index is 13.5. The van der Waals surface area contributed by atoms with E-state index in [-0.39, 0.29) is 17.3 Å². The van der Waals surface area contributed by atoms with Gasteiger partial charge < -0.3 is 19.3 Å². The molecule has 0 bridgehead atoms. The molecule has 0 saturated heterocycles. The second-order valence-electron chi connectivity index (χ2n) is 7.15. The second kappa shape index (κ2) is 9.84. The monoisotopic (exact) mass is 415 g/mol. The number of rotatable bonds is 9. The van der Waals surface area contributed by atoms with Gasteiger partial charge in [-0.05, 0) is 42.3 Å². The smallest absolute Gasteiger partial charge is 0.232 e. The van der Waals surface area contributed by atoms with E-state index in [9.17, 15) is 14.3 Å². The number of nitrogens with zero attached hydrogens (tertiary/aromatic N) is 1. The van der Waals surface area contributed by atoms with Crippen LogP contribution >= 0.6 is 0 Å². The van der Waals surface area contributed by atoms with E-state index in [2.05, 4.69) is 4.90 Å². The third kappa shape index (κ3) is 4.87. The van der Waals surface area contributed by atoms with Crippen molar-refractivity contribution in [3.8, 4) is 11.5 Å². The van der Waals surface area contributed by atoms with Gasteiger partial charge in [-0.15, -0.1) is 0 Å². The molecule has 1 aliphatic rings. The number of hydrogen-bond donors (Lipinski definition) is 1. The molecule has 0 saturated carbocycles. The van der Waals surface area contributed by atoms with Crippen molar-refractivity contribution in [3.05, 3.63) is 64.2 Å². The third-order valence-corrected chi connectivity index (χ3v) is 4.97. The SMILES string of the molecule is COCCN(CCOC)Cc1c(O)cc(C)c2c1O/C(=C/c1cccc(F)c1)C2=O. The van der Waals surface area contributed by atoms with Crippen LogP contribution in [0.2, 0.25) is 0 Å². The number of carbonyl (C=O) groups excluding carboxylic acids is 1. The Hall–Kier alpha value is -2.74. The highest BCUT2D eigenvalue weighted by Gasteiger charge is 2.33. The van der Waals surface area contributed by atoms with Gasteiger partial charge in [0.1, 0.15) is 17.3 Å². The highest BCUT2D eigenvalue weighted by molar-refractivity contribution is 6.15. The Balaban J connectivity index is 1.95. The summed E-state index contributed by atoms with van der Waals surface area (Å²) in [5.41, 5.74) is 2.10. The van der Waals surface area contributed by atoms with E-state index in [1.54, 1.807) is 39.3 Å². The molecule has 0 amide bonds. The van der Waals surface area contributed by atoms with E-state index in [4.69, 9.17) is 14.2 Å². The second-order valence-corrected chi connectivity index (χ2v) is 7.15. The molecule has 30 heavy (non-hydrogen) atoms. The van der Waals surface area contributed by atoms with Crippen molar-refractivity contribution in [3.63, 3.8) is 0 Å². The molecule has 0 aliphatic carbocycles. The van der Waals surface area contributed by atoms with Crippen molar-refractivity contribution < 1.29 is 28.5 Å². The summed E-state index contributed by atoms with van der Waals surface area (Å²) in [6.45, 7) is 4.40. The molecule has 1 heterocycles. The largest absolute Gasteiger partial charge is 0.507 e. The summed E-state index contributed by atoms with van der Waals surface area (Å²) in [5, 5.41) is 10.6. The van der Waals surface area contributed by atoms with E-state index >= 15 is 0 Å². The van der Waals surface area contributed by atoms with Crippen molar-refractivity contribution in [2.24, 2.45) is 0 Å². The van der Waals surface area contributed by atoms with Gasteiger partial charge in [0.2, 0.25) is 5.78 Å². The minimum absolute atomic E-state index is 0.0610. The van der Waals surface area contributed by atoms with Crippen molar-refractivity contribution in [2.45, 2.75) is 13.5 Å². The molecule has 2 aromatic carbocycles. The Morgan fingerprint density at radius 3 is 2.50 bits per heavy atom. The summed E-state index contributed by atoms with van der Waals surface area (Å²) in [6.07, 6.45) is 1.51. The first-order chi connectivity index (χ1) is 14.4. The van der Waals surface area contributed by atoms with Gasteiger partial charge in [0, 0.05) is 33.9 Å². The molecule has 0 fully saturated rings. The zero-order valence-corrected chi connectivity index (χ0v) is 17.4. The van der Waals surface area contributed by atoms with Gasteiger partial charge in [-0.3, -0.25) is 9.69 Å². The van der Waals surface area contributed by atoms with Crippen LogP contribution in [-0.2, 0) is 16.0 Å². The molecule has 160 valence electrons. The summed E-state index contributed by atoms with van der Waals surface area (Å²) >= 11 is 0. The quantitative estimate of drug-likeness (QED) is 0.632. The summed E-state index contributed by atoms with van der Waals surface area (Å²) in [7, 11) is 3.25. The van der Waals surface area contributed by atoms with Crippen LogP contribution in [0.5, 0.6) is 11.5 Å². The lowest BCUT2D eigenvalue weighted by Crippen LogP contribution is -2.30. The first-order valence-electron chi connectivity index (χ1n) is 9.70. The van der Waals surface area contributed by atoms with Crippen LogP contribution in [0.15, 0.2) is 36.1 Å². The Morgan fingerprint density at radius 2 is 1.87 bits per heavy atom. The van der Waals surface area contributed by atoms with E-state index in [0.29, 0.717) is 60.9 Å². The summed E-state index contributed by atoms with van der Waals surface area (Å²) in [4.78, 5) is 15.0. The van der Waals surface area contributed by atoms with Crippen molar-refractivity contribution in [2.75, 3.05) is 40.5 Å². The number of ketones is 1. The number of halogens is 1. The Labute approximate surface area is 175 Å². The summed E-state index contributed by atoms with van der Waals surface area (Å²) < 4.78 is 29.8. The third-order valence-electron chi connectivity index (χ3n) is 4.97. The number of aromatic hydroxyl groups is 1. The highest BCUT2D eigenvalue weighted by Crippen LogP contribution is 2.42. The number of methoxy groups -OCH3 is 2. The van der Waals surface area contributed by atoms with E-state index in [1.165, 1.54) is 18.2 Å². The average molecular weight is 415 g/mol. The summed E-state index contributed by atoms with van der Waals surface area (Å²) in [5.74, 6) is -0.168. The predicted molar refractivity (Wildman–Crippen MR) is 111 cm³/mol. The first kappa shape index (κ1) is 22.0. The molecule has 7 heteroatoms. The zero-order valence-electron chi connectivity index (χ0n) is 17.4. The maximum absolute atomic E-state index is 13.5. The Kier molecular flexibility index (Phi) is 7.20. The fourth-order valence-corrected chi connectivity index (χ4v) is 3.41. The van der Waals surface area contributed by atoms with Crippen molar-refractivity contribution in [1.82, 2.24) is 4.90 Å². The number of fused-ring (bicyclic) bond motifs is 1. The highest BCUT2D eigenvalue weighted by atomic mass is 19.1. The average Bonchev–Trinajstić information content (AvgIpc) is 3.03. The van der Waals surface area contributed by atoms with Gasteiger partial charge in [0.25, 0.3) is 0 Å². The van der Waals surface area contributed by atoms with Gasteiger partial charge in [0.05, 0.1) is 24.3 Å². The maximum Gasteiger partial charge on any atom is 0.232 e. The molecule has 0 radical (unpaired) electrons. The molecule has 0 spiro atoms. The first-order valence-corrected chi connectivity index (χ1v) is 9.70. The number of phenols is 1. The lowest BCUT2D eigenvalue weighted by Gasteiger charge is -2.23. The number of aryl methyl sites for hydroxylation is 1. The number of benzene rings is 2. The minimum atomic E-state index is -0.395. The fraction of sp³-hybridized carbons (Fsp3) is 0.348. The Bertz CT molecular complexity index is 949. The summed E-state index contributed by atoms with van der Waals surface area (Å²) in [6, 6.07) is 7.50. The van der Waals surface area contributed by atoms with Gasteiger partial charge in [-0.25, -0.2) is 4.39 Å². The van der Waals surface area contributed by atoms with Crippen molar-refractivity contribution in [1.29, 1.82) is 0 Å². The molecule has 1 aliphatic heterocycles. The molecule has 1 N–H and O–H groups in total. The standard InChI is InChI=1S/C23H26FNO5/c1-15-11-19(26)18(14-25(7-9-28-2)8-10-29-3)23-21(15)22(27)20(30-23)13-16-5-4-6-17(24)12-16/h4-6,11-13,26H,7-10,14H2,1-3H3/b20-13+. The molecule has 0 atom stereocenters. The zero-order chi connectivity index (χ0) is 21.7. The molecule has 0 unspecified atom stereocenters. The predicted octanol–water partition coefficient (Wildman–Crippen LogP) is 3.55. The van der Waals surface area contributed by atoms with E-state index in [0.717, 1.165) is 0 Å². The molecule has 0 aromatic heterocycles. The number of ether oxygens (including phenoxy) is 3. The van der Waals surface area contributed by atoms with Crippen LogP contribution in [0.4, 0.5) is 4.39 Å². The van der Waals surface area contributed by atoms with Crippen LogP contribution in [-0.4, -0.2) is 56.3 Å². The van der Waals surface area contributed by atoms with Gasteiger partial charge >= 0.3 is 0 Å². The number of phenolic OH excluding ortho intramolecular Hbond substituents is 1. The molecule has 2 aromatic rings. The van der Waals surface area contributed by atoms with Crippen LogP contribution in [0.1, 0.15) is 27.0 Å². The van der Waals surface area contributed by atoms with E-state index in [1.807, 2.05) is 0 Å². The lowest BCUT2D eigenvalue weighted by molar-refractivity contribution is 0.101. The number of carbonyl (C=O) groups is 1. The minimum Gasteiger partial charge on any atom is -0.507 e. The molecule has 3 rings (SSSR count). The van der Waals surface area contributed by atoms with Crippen LogP contribution in [0.25, 0.3) is 6.08 Å². The van der Waals surface area contributed by atoms with Gasteiger partial charge in [0.15, 0.2) is 5.76 Å². The van der Waals surface area contributed by atoms with Gasteiger partial charge in [-0.2, -0.15) is 0 Å². The van der Waals surface area contributed by atoms with Crippen LogP contribution in [0, 0.1) is 12.7 Å². The van der Waals surface area contributed by atoms with Crippen LogP contribution < -0.4 is 4.74 Å². The topological polar surface area (TPSA) is 68.2 Å². The molecular formula is C23H26FNO5. The number of Topliss-reactive ketones (excluding diaryl/α,β-unsaturated/α-hetero) is 1. The van der Waals surface area contributed by atoms with Crippen molar-refractivity contribution >= 4 is 11.9 Å². The number of hydrogen-bond acceptors (Lipinski definition) is 6. The number of allylic oxidation sites excluding steroid dienone is 1. The fourth-order valence-electron chi connectivity index (χ4n) is 3.41. The van der Waals surface area contributed by atoms with Gasteiger partial charge in [-0.1, -0.05) is 12.1 Å².